The number of nitrogens with two attached hydrogens (primary N) is 1. The molecule has 0 saturated heterocycles. The van der Waals surface area contributed by atoms with Crippen LogP contribution in [0.4, 0.5) is 13.2 Å². The first kappa shape index (κ1) is 18.7. The number of primary sulfonamides is 1. The number of rotatable bonds is 3. The SMILES string of the molecule is NS(=O)(=O)c1ccc(-n2nc(C(F)(F)F)c3c2Cc2ccccc2-3)cc1CO. The lowest BCUT2D eigenvalue weighted by atomic mass is 10.1. The molecule has 1 aliphatic carbocycles. The minimum Gasteiger partial charge on any atom is -0.392 e. The molecule has 0 fully saturated rings. The predicted molar refractivity (Wildman–Crippen MR) is 94.1 cm³/mol. The van der Waals surface area contributed by atoms with Crippen LogP contribution in [0.5, 0.6) is 0 Å². The van der Waals surface area contributed by atoms with Crippen LogP contribution in [0.15, 0.2) is 47.4 Å². The number of aliphatic hydroxyl groups excluding tert-OH is 1. The minimum atomic E-state index is -4.66. The Morgan fingerprint density at radius 2 is 1.89 bits per heavy atom. The van der Waals surface area contributed by atoms with Crippen molar-refractivity contribution in [1.29, 1.82) is 0 Å². The van der Waals surface area contributed by atoms with Crippen LogP contribution < -0.4 is 5.14 Å². The number of aliphatic hydroxyl groups is 1. The van der Waals surface area contributed by atoms with Crippen molar-refractivity contribution in [2.45, 2.75) is 24.1 Å². The molecule has 0 amide bonds. The third-order valence-corrected chi connectivity index (χ3v) is 5.67. The molecular formula is C18H14F3N3O3S. The van der Waals surface area contributed by atoms with E-state index in [9.17, 15) is 26.7 Å². The Morgan fingerprint density at radius 1 is 1.18 bits per heavy atom. The first-order valence-electron chi connectivity index (χ1n) is 8.15. The maximum absolute atomic E-state index is 13.6. The van der Waals surface area contributed by atoms with E-state index in [1.165, 1.54) is 12.1 Å². The fourth-order valence-corrected chi connectivity index (χ4v) is 4.26. The average molecular weight is 409 g/mol. The fraction of sp³-hybridized carbons (Fsp3) is 0.167. The van der Waals surface area contributed by atoms with E-state index >= 15 is 0 Å². The Labute approximate surface area is 158 Å². The van der Waals surface area contributed by atoms with Crippen LogP contribution in [0.2, 0.25) is 0 Å². The molecule has 1 aliphatic rings. The van der Waals surface area contributed by atoms with Gasteiger partial charge >= 0.3 is 6.18 Å². The third kappa shape index (κ3) is 2.89. The number of benzene rings is 2. The molecule has 3 N–H and O–H groups in total. The molecule has 4 rings (SSSR count). The van der Waals surface area contributed by atoms with Crippen LogP contribution >= 0.6 is 0 Å². The zero-order valence-corrected chi connectivity index (χ0v) is 15.0. The number of aromatic nitrogens is 2. The largest absolute Gasteiger partial charge is 0.435 e. The summed E-state index contributed by atoms with van der Waals surface area (Å²) in [7, 11) is -4.09. The van der Waals surface area contributed by atoms with Crippen molar-refractivity contribution in [3.05, 3.63) is 65.0 Å². The molecule has 0 spiro atoms. The Bertz CT molecular complexity index is 1200. The van der Waals surface area contributed by atoms with E-state index in [0.29, 0.717) is 11.3 Å². The first-order chi connectivity index (χ1) is 13.1. The topological polar surface area (TPSA) is 98.2 Å². The Morgan fingerprint density at radius 3 is 2.54 bits per heavy atom. The van der Waals surface area contributed by atoms with Crippen molar-refractivity contribution in [3.63, 3.8) is 0 Å². The lowest BCUT2D eigenvalue weighted by Crippen LogP contribution is -2.15. The second-order valence-electron chi connectivity index (χ2n) is 6.41. The predicted octanol–water partition coefficient (Wildman–Crippen LogP) is 2.60. The Balaban J connectivity index is 1.95. The molecule has 0 radical (unpaired) electrons. The molecule has 3 aromatic rings. The number of sulfonamides is 1. The standard InChI is InChI=1S/C18H14F3N3O3S/c19-18(20,21)17-16-13-4-2-1-3-10(13)8-14(16)24(23-17)12-5-6-15(28(22,26)27)11(7-12)9-25/h1-7,25H,8-9H2,(H2,22,26,27). The van der Waals surface area contributed by atoms with Gasteiger partial charge in [-0.2, -0.15) is 18.3 Å². The van der Waals surface area contributed by atoms with Gasteiger partial charge in [0.1, 0.15) is 0 Å². The summed E-state index contributed by atoms with van der Waals surface area (Å²) < 4.78 is 65.3. The number of nitrogens with zero attached hydrogens (tertiary/aromatic N) is 2. The first-order valence-corrected chi connectivity index (χ1v) is 9.70. The van der Waals surface area contributed by atoms with Crippen LogP contribution in [0.25, 0.3) is 16.8 Å². The highest BCUT2D eigenvalue weighted by atomic mass is 32.2. The summed E-state index contributed by atoms with van der Waals surface area (Å²) in [6, 6.07) is 10.5. The van der Waals surface area contributed by atoms with Gasteiger partial charge in [0.2, 0.25) is 10.0 Å². The molecule has 1 aromatic heterocycles. The average Bonchev–Trinajstić information content (AvgIpc) is 3.17. The normalized spacial score (nSPS) is 13.5. The number of hydrogen-bond donors (Lipinski definition) is 2. The molecular weight excluding hydrogens is 395 g/mol. The molecule has 10 heteroatoms. The number of fused-ring (bicyclic) bond motifs is 3. The van der Waals surface area contributed by atoms with Gasteiger partial charge in [0.05, 0.1) is 22.9 Å². The highest BCUT2D eigenvalue weighted by Crippen LogP contribution is 2.45. The van der Waals surface area contributed by atoms with Crippen molar-refractivity contribution in [1.82, 2.24) is 9.78 Å². The highest BCUT2D eigenvalue weighted by Gasteiger charge is 2.42. The van der Waals surface area contributed by atoms with E-state index in [2.05, 4.69) is 5.10 Å². The molecule has 2 aromatic carbocycles. The van der Waals surface area contributed by atoms with E-state index in [-0.39, 0.29) is 28.1 Å². The van der Waals surface area contributed by atoms with Gasteiger partial charge in [0.25, 0.3) is 0 Å². The molecule has 0 aliphatic heterocycles. The van der Waals surface area contributed by atoms with E-state index in [1.807, 2.05) is 0 Å². The molecule has 146 valence electrons. The van der Waals surface area contributed by atoms with Gasteiger partial charge in [-0.15, -0.1) is 0 Å². The van der Waals surface area contributed by atoms with Crippen LogP contribution in [-0.4, -0.2) is 23.3 Å². The van der Waals surface area contributed by atoms with E-state index in [4.69, 9.17) is 5.14 Å². The lowest BCUT2D eigenvalue weighted by molar-refractivity contribution is -0.140. The van der Waals surface area contributed by atoms with E-state index in [0.717, 1.165) is 16.3 Å². The van der Waals surface area contributed by atoms with Crippen LogP contribution in [0.3, 0.4) is 0 Å². The summed E-state index contributed by atoms with van der Waals surface area (Å²) in [5, 5.41) is 18.4. The van der Waals surface area contributed by atoms with Crippen LogP contribution in [0.1, 0.15) is 22.5 Å². The summed E-state index contributed by atoms with van der Waals surface area (Å²) in [6.07, 6.45) is -4.41. The monoisotopic (exact) mass is 409 g/mol. The van der Waals surface area contributed by atoms with Gasteiger partial charge in [-0.3, -0.25) is 0 Å². The van der Waals surface area contributed by atoms with Gasteiger partial charge in [0, 0.05) is 12.0 Å². The maximum atomic E-state index is 13.6. The number of hydrogen-bond acceptors (Lipinski definition) is 4. The smallest absolute Gasteiger partial charge is 0.392 e. The molecule has 0 unspecified atom stereocenters. The zero-order valence-electron chi connectivity index (χ0n) is 14.2. The van der Waals surface area contributed by atoms with Crippen molar-refractivity contribution in [2.75, 3.05) is 0 Å². The number of alkyl halides is 3. The second-order valence-corrected chi connectivity index (χ2v) is 7.94. The summed E-state index contributed by atoms with van der Waals surface area (Å²) in [5.74, 6) is 0. The summed E-state index contributed by atoms with van der Waals surface area (Å²) >= 11 is 0. The molecule has 0 saturated carbocycles. The maximum Gasteiger partial charge on any atom is 0.435 e. The van der Waals surface area contributed by atoms with Gasteiger partial charge in [-0.25, -0.2) is 18.2 Å². The van der Waals surface area contributed by atoms with Gasteiger partial charge in [0.15, 0.2) is 5.69 Å². The van der Waals surface area contributed by atoms with Crippen LogP contribution in [0, 0.1) is 0 Å². The highest BCUT2D eigenvalue weighted by molar-refractivity contribution is 7.89. The molecule has 6 nitrogen and oxygen atoms in total. The third-order valence-electron chi connectivity index (χ3n) is 4.66. The zero-order chi connectivity index (χ0) is 20.3. The van der Waals surface area contributed by atoms with E-state index in [1.54, 1.807) is 24.3 Å². The van der Waals surface area contributed by atoms with E-state index < -0.39 is 28.5 Å². The van der Waals surface area contributed by atoms with Crippen molar-refractivity contribution in [3.8, 4) is 16.8 Å². The molecule has 0 atom stereocenters. The number of halogens is 3. The minimum absolute atomic E-state index is 0.0178. The molecule has 1 heterocycles. The summed E-state index contributed by atoms with van der Waals surface area (Å²) in [6.45, 7) is -0.643. The van der Waals surface area contributed by atoms with Gasteiger partial charge in [-0.1, -0.05) is 24.3 Å². The fourth-order valence-electron chi connectivity index (χ4n) is 3.51. The van der Waals surface area contributed by atoms with Gasteiger partial charge < -0.3 is 5.11 Å². The molecule has 28 heavy (non-hydrogen) atoms. The second kappa shape index (κ2) is 6.16. The lowest BCUT2D eigenvalue weighted by Gasteiger charge is -2.11. The van der Waals surface area contributed by atoms with Crippen molar-refractivity contribution >= 4 is 10.0 Å². The van der Waals surface area contributed by atoms with Crippen LogP contribution in [-0.2, 0) is 29.2 Å². The van der Waals surface area contributed by atoms with Gasteiger partial charge in [-0.05, 0) is 34.9 Å². The van der Waals surface area contributed by atoms with Crippen molar-refractivity contribution < 1.29 is 26.7 Å². The summed E-state index contributed by atoms with van der Waals surface area (Å²) in [4.78, 5) is -0.290. The molecule has 0 bridgehead atoms. The quantitative estimate of drug-likeness (QED) is 0.543. The Hall–Kier alpha value is -2.69. The van der Waals surface area contributed by atoms with Crippen molar-refractivity contribution in [2.24, 2.45) is 5.14 Å². The summed E-state index contributed by atoms with van der Waals surface area (Å²) in [5.41, 5.74) is 0.764. The Kier molecular flexibility index (Phi) is 4.11.